The third-order valence-corrected chi connectivity index (χ3v) is 2.68. The van der Waals surface area contributed by atoms with Crippen LogP contribution < -0.4 is 0 Å². The van der Waals surface area contributed by atoms with E-state index in [2.05, 4.69) is 37.7 Å². The average Bonchev–Trinajstić information content (AvgIpc) is 2.35. The molecule has 0 rings (SSSR count). The second kappa shape index (κ2) is 8.57. The van der Waals surface area contributed by atoms with E-state index < -0.39 is 0 Å². The lowest BCUT2D eigenvalue weighted by atomic mass is 10.0. The molecular formula is C15H24N2. The molecule has 0 heterocycles. The molecule has 2 unspecified atom stereocenters. The van der Waals surface area contributed by atoms with Crippen molar-refractivity contribution in [3.63, 3.8) is 0 Å². The van der Waals surface area contributed by atoms with Crippen LogP contribution in [0, 0.1) is 5.92 Å². The Morgan fingerprint density at radius 3 is 2.41 bits per heavy atom. The van der Waals surface area contributed by atoms with Gasteiger partial charge in [-0.2, -0.15) is 0 Å². The van der Waals surface area contributed by atoms with Crippen LogP contribution in [0.5, 0.6) is 0 Å². The van der Waals surface area contributed by atoms with Gasteiger partial charge < -0.3 is 4.90 Å². The lowest BCUT2D eigenvalue weighted by Crippen LogP contribution is -2.21. The quantitative estimate of drug-likeness (QED) is 0.353. The highest BCUT2D eigenvalue weighted by Gasteiger charge is 2.04. The summed E-state index contributed by atoms with van der Waals surface area (Å²) in [7, 11) is 1.96. The van der Waals surface area contributed by atoms with E-state index >= 15 is 0 Å². The van der Waals surface area contributed by atoms with Crippen molar-refractivity contribution in [1.82, 2.24) is 4.90 Å². The fraction of sp³-hybridized carbons (Fsp3) is 0.400. The van der Waals surface area contributed by atoms with E-state index in [4.69, 9.17) is 0 Å². The van der Waals surface area contributed by atoms with E-state index in [1.165, 1.54) is 5.57 Å². The first-order valence-corrected chi connectivity index (χ1v) is 5.88. The summed E-state index contributed by atoms with van der Waals surface area (Å²) in [6, 6.07) is 0. The van der Waals surface area contributed by atoms with Crippen LogP contribution in [0.25, 0.3) is 0 Å². The molecule has 0 bridgehead atoms. The molecule has 94 valence electrons. The van der Waals surface area contributed by atoms with E-state index in [0.29, 0.717) is 0 Å². The number of aliphatic imine (C=N–C) groups is 1. The number of hydrogen-bond donors (Lipinski definition) is 0. The fourth-order valence-electron chi connectivity index (χ4n) is 1.27. The lowest BCUT2D eigenvalue weighted by molar-refractivity contribution is 0.364. The molecule has 0 N–H and O–H groups in total. The second-order valence-electron chi connectivity index (χ2n) is 4.00. The van der Waals surface area contributed by atoms with Gasteiger partial charge in [0.15, 0.2) is 0 Å². The molecule has 0 radical (unpaired) electrons. The first-order chi connectivity index (χ1) is 8.06. The van der Waals surface area contributed by atoms with Crippen LogP contribution in [-0.4, -0.2) is 24.3 Å². The molecule has 2 heteroatoms. The van der Waals surface area contributed by atoms with Crippen LogP contribution in [0.1, 0.15) is 20.3 Å². The van der Waals surface area contributed by atoms with Gasteiger partial charge in [0.25, 0.3) is 0 Å². The number of allylic oxidation sites excluding steroid dienone is 4. The maximum Gasteiger partial charge on any atom is 0.117 e. The molecule has 0 saturated carbocycles. The van der Waals surface area contributed by atoms with Crippen LogP contribution >= 0.6 is 0 Å². The molecule has 0 aromatic carbocycles. The van der Waals surface area contributed by atoms with Crippen LogP contribution in [-0.2, 0) is 0 Å². The van der Waals surface area contributed by atoms with Gasteiger partial charge in [0, 0.05) is 19.2 Å². The molecule has 2 atom stereocenters. The number of nitrogens with zero attached hydrogens (tertiary/aromatic N) is 2. The Morgan fingerprint density at radius 1 is 1.29 bits per heavy atom. The zero-order chi connectivity index (χ0) is 13.3. The Hall–Kier alpha value is -1.57. The largest absolute Gasteiger partial charge is 0.360 e. The minimum Gasteiger partial charge on any atom is -0.360 e. The van der Waals surface area contributed by atoms with Crippen molar-refractivity contribution >= 4 is 6.21 Å². The Morgan fingerprint density at radius 2 is 1.94 bits per heavy atom. The highest BCUT2D eigenvalue weighted by molar-refractivity contribution is 5.66. The predicted molar refractivity (Wildman–Crippen MR) is 78.2 cm³/mol. The molecular weight excluding hydrogens is 208 g/mol. The van der Waals surface area contributed by atoms with Crippen molar-refractivity contribution in [2.24, 2.45) is 10.9 Å². The van der Waals surface area contributed by atoms with Crippen LogP contribution in [0.2, 0.25) is 0 Å². The smallest absolute Gasteiger partial charge is 0.117 e. The van der Waals surface area contributed by atoms with Crippen LogP contribution in [0.15, 0.2) is 54.7 Å². The summed E-state index contributed by atoms with van der Waals surface area (Å²) in [5, 5.41) is 0. The van der Waals surface area contributed by atoms with Crippen molar-refractivity contribution in [2.75, 3.05) is 7.05 Å². The van der Waals surface area contributed by atoms with E-state index in [-0.39, 0.29) is 12.1 Å². The summed E-state index contributed by atoms with van der Waals surface area (Å²) in [6.45, 7) is 15.4. The van der Waals surface area contributed by atoms with Crippen LogP contribution in [0.4, 0.5) is 0 Å². The molecule has 0 aromatic heterocycles. The maximum atomic E-state index is 4.49. The average molecular weight is 232 g/mol. The summed E-state index contributed by atoms with van der Waals surface area (Å²) in [4.78, 5) is 6.45. The van der Waals surface area contributed by atoms with Crippen molar-refractivity contribution in [1.29, 1.82) is 0 Å². The van der Waals surface area contributed by atoms with Crippen molar-refractivity contribution in [3.8, 4) is 0 Å². The molecule has 0 aromatic rings. The topological polar surface area (TPSA) is 15.6 Å². The Bertz CT molecular complexity index is 313. The highest BCUT2D eigenvalue weighted by atomic mass is 15.2. The minimum atomic E-state index is 0.111. The van der Waals surface area contributed by atoms with Crippen molar-refractivity contribution < 1.29 is 0 Å². The third kappa shape index (κ3) is 5.91. The molecule has 0 fully saturated rings. The van der Waals surface area contributed by atoms with Gasteiger partial charge in [0.1, 0.15) is 6.17 Å². The van der Waals surface area contributed by atoms with Gasteiger partial charge in [-0.15, -0.1) is 6.58 Å². The molecule has 0 aliphatic carbocycles. The first kappa shape index (κ1) is 15.4. The van der Waals surface area contributed by atoms with E-state index in [1.807, 2.05) is 37.2 Å². The van der Waals surface area contributed by atoms with E-state index in [9.17, 15) is 0 Å². The summed E-state index contributed by atoms with van der Waals surface area (Å²) >= 11 is 0. The number of rotatable bonds is 8. The summed E-state index contributed by atoms with van der Waals surface area (Å²) in [5.41, 5.74) is 1.18. The van der Waals surface area contributed by atoms with Gasteiger partial charge in [0.2, 0.25) is 0 Å². The van der Waals surface area contributed by atoms with Crippen LogP contribution in [0.3, 0.4) is 0 Å². The lowest BCUT2D eigenvalue weighted by Gasteiger charge is -2.19. The molecule has 2 nitrogen and oxygen atoms in total. The van der Waals surface area contributed by atoms with Gasteiger partial charge in [-0.1, -0.05) is 38.3 Å². The third-order valence-electron chi connectivity index (χ3n) is 2.68. The highest BCUT2D eigenvalue weighted by Crippen LogP contribution is 2.11. The Labute approximate surface area is 106 Å². The summed E-state index contributed by atoms with van der Waals surface area (Å²) in [6.07, 6.45) is 10.6. The van der Waals surface area contributed by atoms with Gasteiger partial charge in [-0.05, 0) is 25.1 Å². The van der Waals surface area contributed by atoms with Crippen molar-refractivity contribution in [3.05, 3.63) is 49.7 Å². The molecule has 0 spiro atoms. The fourth-order valence-corrected chi connectivity index (χ4v) is 1.27. The molecule has 0 aliphatic heterocycles. The summed E-state index contributed by atoms with van der Waals surface area (Å²) < 4.78 is 0. The molecule has 0 amide bonds. The molecule has 0 saturated heterocycles. The van der Waals surface area contributed by atoms with Crippen molar-refractivity contribution in [2.45, 2.75) is 26.4 Å². The van der Waals surface area contributed by atoms with E-state index in [0.717, 1.165) is 6.42 Å². The van der Waals surface area contributed by atoms with Gasteiger partial charge >= 0.3 is 0 Å². The summed E-state index contributed by atoms with van der Waals surface area (Å²) in [5.74, 6) is 0.271. The standard InChI is InChI=1S/C15H24N2/c1-7-10-11-15(8-2)13(4)12-16-14(5)17(6)9-3/h7-9,11-14H,1-3,10H2,4-6H3/b15-11+,16-12?. The maximum absolute atomic E-state index is 4.49. The zero-order valence-electron chi connectivity index (χ0n) is 11.3. The number of hydrogen-bond acceptors (Lipinski definition) is 2. The first-order valence-electron chi connectivity index (χ1n) is 5.88. The zero-order valence-corrected chi connectivity index (χ0v) is 11.3. The molecule has 17 heavy (non-hydrogen) atoms. The van der Waals surface area contributed by atoms with Gasteiger partial charge in [-0.25, -0.2) is 0 Å². The van der Waals surface area contributed by atoms with Gasteiger partial charge in [0.05, 0.1) is 0 Å². The predicted octanol–water partition coefficient (Wildman–Crippen LogP) is 3.80. The van der Waals surface area contributed by atoms with Gasteiger partial charge in [-0.3, -0.25) is 4.99 Å². The second-order valence-corrected chi connectivity index (χ2v) is 4.00. The SMILES string of the molecule is C=CC/C=C(\C=C)C(C)C=NC(C)N(C)C=C. The Kier molecular flexibility index (Phi) is 7.78. The Balaban J connectivity index is 4.54. The van der Waals surface area contributed by atoms with E-state index in [1.54, 1.807) is 6.20 Å². The minimum absolute atomic E-state index is 0.111. The monoisotopic (exact) mass is 232 g/mol. The molecule has 0 aliphatic rings. The normalized spacial score (nSPS) is 15.4.